The van der Waals surface area contributed by atoms with Crippen LogP contribution in [0.25, 0.3) is 11.1 Å². The quantitative estimate of drug-likeness (QED) is 0.726. The second kappa shape index (κ2) is 4.75. The molecular weight excluding hydrogens is 288 g/mol. The Hall–Kier alpha value is -2.49. The highest BCUT2D eigenvalue weighted by atomic mass is 16.6. The van der Waals surface area contributed by atoms with Crippen molar-refractivity contribution >= 4 is 11.8 Å². The van der Waals surface area contributed by atoms with E-state index in [9.17, 15) is 4.79 Å². The third-order valence-electron chi connectivity index (χ3n) is 4.17. The molecular formula is C19H20N2O2. The number of carbonyl (C=O) groups is 1. The number of fused-ring (bicyclic) bond motifs is 2. The van der Waals surface area contributed by atoms with Gasteiger partial charge in [-0.2, -0.15) is 0 Å². The van der Waals surface area contributed by atoms with Gasteiger partial charge in [0.2, 0.25) is 0 Å². The standard InChI is InChI=1S/C19H20N2O2/c1-19(2,3)23-18(22)21-11-14-10-20-9-5-7-13-6-4-8-15(17(13)20)16(14)12-21/h4-6,8-9,11-12H,7,10H2,1-3H3. The van der Waals surface area contributed by atoms with Crippen LogP contribution in [0.2, 0.25) is 0 Å². The van der Waals surface area contributed by atoms with Gasteiger partial charge in [0.05, 0.1) is 5.69 Å². The van der Waals surface area contributed by atoms with Crippen molar-refractivity contribution in [2.45, 2.75) is 39.3 Å². The van der Waals surface area contributed by atoms with Crippen LogP contribution in [-0.4, -0.2) is 16.3 Å². The molecule has 2 aliphatic rings. The highest BCUT2D eigenvalue weighted by Crippen LogP contribution is 2.43. The zero-order valence-corrected chi connectivity index (χ0v) is 13.7. The molecule has 0 N–H and O–H groups in total. The van der Waals surface area contributed by atoms with Gasteiger partial charge in [-0.1, -0.05) is 24.3 Å². The van der Waals surface area contributed by atoms with E-state index in [0.717, 1.165) is 24.1 Å². The summed E-state index contributed by atoms with van der Waals surface area (Å²) in [5.41, 5.74) is 5.57. The van der Waals surface area contributed by atoms with Gasteiger partial charge in [0.1, 0.15) is 5.60 Å². The van der Waals surface area contributed by atoms with E-state index in [2.05, 4.69) is 35.4 Å². The Balaban J connectivity index is 1.78. The molecule has 118 valence electrons. The molecule has 4 heteroatoms. The van der Waals surface area contributed by atoms with E-state index >= 15 is 0 Å². The second-order valence-electron chi connectivity index (χ2n) is 7.11. The smallest absolute Gasteiger partial charge is 0.418 e. The predicted octanol–water partition coefficient (Wildman–Crippen LogP) is 4.33. The van der Waals surface area contributed by atoms with Crippen molar-refractivity contribution in [2.24, 2.45) is 0 Å². The highest BCUT2D eigenvalue weighted by Gasteiger charge is 2.27. The number of carbonyl (C=O) groups excluding carboxylic acids is 1. The van der Waals surface area contributed by atoms with Crippen LogP contribution in [0.3, 0.4) is 0 Å². The van der Waals surface area contributed by atoms with E-state index in [4.69, 9.17) is 4.74 Å². The van der Waals surface area contributed by atoms with Gasteiger partial charge in [-0.3, -0.25) is 4.57 Å². The molecule has 0 spiro atoms. The lowest BCUT2D eigenvalue weighted by molar-refractivity contribution is 0.0537. The summed E-state index contributed by atoms with van der Waals surface area (Å²) in [6.45, 7) is 6.42. The van der Waals surface area contributed by atoms with Gasteiger partial charge in [-0.15, -0.1) is 0 Å². The summed E-state index contributed by atoms with van der Waals surface area (Å²) >= 11 is 0. The number of nitrogens with zero attached hydrogens (tertiary/aromatic N) is 2. The fourth-order valence-electron chi connectivity index (χ4n) is 3.29. The number of hydrogen-bond acceptors (Lipinski definition) is 3. The molecule has 4 nitrogen and oxygen atoms in total. The maximum absolute atomic E-state index is 12.3. The van der Waals surface area contributed by atoms with Crippen molar-refractivity contribution in [1.29, 1.82) is 0 Å². The Labute approximate surface area is 136 Å². The first kappa shape index (κ1) is 14.1. The number of ether oxygens (including phenoxy) is 1. The lowest BCUT2D eigenvalue weighted by atomic mass is 9.92. The van der Waals surface area contributed by atoms with Gasteiger partial charge in [0.25, 0.3) is 0 Å². The summed E-state index contributed by atoms with van der Waals surface area (Å²) in [5.74, 6) is 0. The summed E-state index contributed by atoms with van der Waals surface area (Å²) in [5, 5.41) is 0. The number of para-hydroxylation sites is 1. The number of rotatable bonds is 0. The molecule has 2 aromatic rings. The molecule has 0 fully saturated rings. The summed E-state index contributed by atoms with van der Waals surface area (Å²) in [7, 11) is 0. The van der Waals surface area contributed by atoms with Gasteiger partial charge in [-0.05, 0) is 38.3 Å². The molecule has 0 amide bonds. The highest BCUT2D eigenvalue weighted by molar-refractivity contribution is 5.88. The van der Waals surface area contributed by atoms with Crippen LogP contribution in [0.1, 0.15) is 31.9 Å². The van der Waals surface area contributed by atoms with Gasteiger partial charge in [-0.25, -0.2) is 4.79 Å². The molecule has 2 aliphatic heterocycles. The average molecular weight is 308 g/mol. The monoisotopic (exact) mass is 308 g/mol. The first-order valence-electron chi connectivity index (χ1n) is 7.92. The Morgan fingerprint density at radius 1 is 1.13 bits per heavy atom. The second-order valence-corrected chi connectivity index (χ2v) is 7.11. The normalized spacial score (nSPS) is 15.2. The van der Waals surface area contributed by atoms with Crippen molar-refractivity contribution in [1.82, 2.24) is 4.57 Å². The van der Waals surface area contributed by atoms with Crippen molar-refractivity contribution < 1.29 is 9.53 Å². The first-order chi connectivity index (χ1) is 10.9. The van der Waals surface area contributed by atoms with Crippen molar-refractivity contribution in [3.05, 3.63) is 54.0 Å². The Morgan fingerprint density at radius 2 is 1.96 bits per heavy atom. The first-order valence-corrected chi connectivity index (χ1v) is 7.92. The molecule has 0 saturated heterocycles. The van der Waals surface area contributed by atoms with E-state index in [1.165, 1.54) is 16.8 Å². The minimum atomic E-state index is -0.495. The van der Waals surface area contributed by atoms with Crippen LogP contribution in [0.4, 0.5) is 10.5 Å². The van der Waals surface area contributed by atoms with E-state index in [1.807, 2.05) is 33.2 Å². The lowest BCUT2D eigenvalue weighted by Crippen LogP contribution is -2.26. The summed E-state index contributed by atoms with van der Waals surface area (Å²) < 4.78 is 7.04. The number of anilines is 1. The molecule has 1 aromatic carbocycles. The topological polar surface area (TPSA) is 34.5 Å². The van der Waals surface area contributed by atoms with Crippen LogP contribution in [0.5, 0.6) is 0 Å². The Kier molecular flexibility index (Phi) is 2.92. The molecule has 23 heavy (non-hydrogen) atoms. The van der Waals surface area contributed by atoms with E-state index in [-0.39, 0.29) is 6.09 Å². The molecule has 0 bridgehead atoms. The van der Waals surface area contributed by atoms with Crippen molar-refractivity contribution in [2.75, 3.05) is 4.90 Å². The van der Waals surface area contributed by atoms with Gasteiger partial charge >= 0.3 is 6.09 Å². The Morgan fingerprint density at radius 3 is 2.74 bits per heavy atom. The van der Waals surface area contributed by atoms with Crippen LogP contribution >= 0.6 is 0 Å². The van der Waals surface area contributed by atoms with Crippen LogP contribution < -0.4 is 4.90 Å². The number of benzene rings is 1. The molecule has 0 unspecified atom stereocenters. The third kappa shape index (κ3) is 2.34. The van der Waals surface area contributed by atoms with E-state index in [0.29, 0.717) is 0 Å². The summed E-state index contributed by atoms with van der Waals surface area (Å²) in [6.07, 6.45) is 8.74. The summed E-state index contributed by atoms with van der Waals surface area (Å²) in [6, 6.07) is 6.39. The largest absolute Gasteiger partial charge is 0.443 e. The molecule has 0 aliphatic carbocycles. The molecule has 0 atom stereocenters. The fraction of sp³-hybridized carbons (Fsp3) is 0.316. The maximum atomic E-state index is 12.3. The zero-order valence-electron chi connectivity index (χ0n) is 13.7. The van der Waals surface area contributed by atoms with Gasteiger partial charge in [0, 0.05) is 36.3 Å². The average Bonchev–Trinajstić information content (AvgIpc) is 2.90. The van der Waals surface area contributed by atoms with Gasteiger partial charge < -0.3 is 9.64 Å². The Bertz CT molecular complexity index is 824. The number of allylic oxidation sites excluding steroid dienone is 1. The third-order valence-corrected chi connectivity index (χ3v) is 4.17. The number of hydrogen-bond donors (Lipinski definition) is 0. The van der Waals surface area contributed by atoms with Crippen molar-refractivity contribution in [3.63, 3.8) is 0 Å². The van der Waals surface area contributed by atoms with Crippen LogP contribution in [0, 0.1) is 0 Å². The van der Waals surface area contributed by atoms with E-state index < -0.39 is 5.60 Å². The predicted molar refractivity (Wildman–Crippen MR) is 90.5 cm³/mol. The minimum Gasteiger partial charge on any atom is -0.443 e. The van der Waals surface area contributed by atoms with Crippen LogP contribution in [0.15, 0.2) is 42.9 Å². The number of aromatic nitrogens is 1. The zero-order chi connectivity index (χ0) is 16.2. The van der Waals surface area contributed by atoms with E-state index in [1.54, 1.807) is 4.57 Å². The van der Waals surface area contributed by atoms with Gasteiger partial charge in [0.15, 0.2) is 0 Å². The molecule has 0 radical (unpaired) electrons. The summed E-state index contributed by atoms with van der Waals surface area (Å²) in [4.78, 5) is 14.6. The fourth-order valence-corrected chi connectivity index (χ4v) is 3.29. The molecule has 3 heterocycles. The lowest BCUT2D eigenvalue weighted by Gasteiger charge is -2.32. The molecule has 4 rings (SSSR count). The maximum Gasteiger partial charge on any atom is 0.418 e. The minimum absolute atomic E-state index is 0.332. The van der Waals surface area contributed by atoms with Crippen molar-refractivity contribution in [3.8, 4) is 11.1 Å². The SMILES string of the molecule is CC(C)(C)OC(=O)n1cc2c(c1)-c1cccc3c1N(C=CC3)C2. The molecule has 0 saturated carbocycles. The van der Waals surface area contributed by atoms with Crippen LogP contribution in [-0.2, 0) is 17.7 Å². The molecule has 1 aromatic heterocycles.